The van der Waals surface area contributed by atoms with E-state index in [-0.39, 0.29) is 18.9 Å². The minimum Gasteiger partial charge on any atom is -0.479 e. The van der Waals surface area contributed by atoms with Gasteiger partial charge >= 0.3 is 17.9 Å². The second-order valence-electron chi connectivity index (χ2n) is 8.69. The van der Waals surface area contributed by atoms with Gasteiger partial charge in [0, 0.05) is 12.3 Å². The average molecular weight is 425 g/mol. The quantitative estimate of drug-likeness (QED) is 0.517. The van der Waals surface area contributed by atoms with Crippen molar-refractivity contribution in [2.24, 2.45) is 5.73 Å². The third kappa shape index (κ3) is 4.77. The summed E-state index contributed by atoms with van der Waals surface area (Å²) >= 11 is 0. The molecule has 7 heteroatoms. The molecule has 3 N–H and O–H groups in total. The molecule has 2 aromatic carbocycles. The molecule has 0 radical (unpaired) electrons. The van der Waals surface area contributed by atoms with Crippen LogP contribution in [0.5, 0.6) is 0 Å². The van der Waals surface area contributed by atoms with E-state index in [1.54, 1.807) is 20.8 Å². The Morgan fingerprint density at radius 3 is 1.97 bits per heavy atom. The third-order valence-electron chi connectivity index (χ3n) is 5.23. The van der Waals surface area contributed by atoms with Crippen molar-refractivity contribution < 1.29 is 29.0 Å². The molecule has 0 amide bonds. The Kier molecular flexibility index (Phi) is 6.18. The number of carbonyl (C=O) groups is 3. The molecule has 0 aliphatic heterocycles. The lowest BCUT2D eigenvalue weighted by atomic mass is 9.94. The Hall–Kier alpha value is -3.19. The average Bonchev–Trinajstić information content (AvgIpc) is 3.02. The zero-order valence-corrected chi connectivity index (χ0v) is 17.9. The van der Waals surface area contributed by atoms with Crippen LogP contribution in [-0.2, 0) is 23.9 Å². The van der Waals surface area contributed by atoms with Crippen molar-refractivity contribution in [1.29, 1.82) is 0 Å². The summed E-state index contributed by atoms with van der Waals surface area (Å²) in [6.45, 7) is 5.04. The molecule has 0 saturated heterocycles. The highest BCUT2D eigenvalue weighted by Crippen LogP contribution is 2.44. The van der Waals surface area contributed by atoms with E-state index in [0.717, 1.165) is 22.3 Å². The van der Waals surface area contributed by atoms with Crippen LogP contribution < -0.4 is 5.73 Å². The minimum absolute atomic E-state index is 0.0501. The number of hydrogen-bond donors (Lipinski definition) is 2. The molecule has 0 unspecified atom stereocenters. The predicted octanol–water partition coefficient (Wildman–Crippen LogP) is 3.25. The van der Waals surface area contributed by atoms with E-state index in [9.17, 15) is 19.5 Å². The number of benzene rings is 2. The van der Waals surface area contributed by atoms with Crippen molar-refractivity contribution in [3.05, 3.63) is 59.7 Å². The lowest BCUT2D eigenvalue weighted by Gasteiger charge is -2.25. The van der Waals surface area contributed by atoms with Gasteiger partial charge < -0.3 is 20.3 Å². The minimum atomic E-state index is -2.34. The molecule has 0 spiro atoms. The van der Waals surface area contributed by atoms with Crippen molar-refractivity contribution in [1.82, 2.24) is 0 Å². The highest BCUT2D eigenvalue weighted by Gasteiger charge is 2.45. The molecule has 0 saturated carbocycles. The molecule has 0 fully saturated rings. The summed E-state index contributed by atoms with van der Waals surface area (Å²) in [5, 5.41) is 9.58. The fourth-order valence-electron chi connectivity index (χ4n) is 3.72. The van der Waals surface area contributed by atoms with Gasteiger partial charge in [0.25, 0.3) is 0 Å². The molecule has 3 rings (SSSR count). The second-order valence-corrected chi connectivity index (χ2v) is 8.69. The predicted molar refractivity (Wildman–Crippen MR) is 114 cm³/mol. The van der Waals surface area contributed by atoms with Crippen LogP contribution in [0.1, 0.15) is 50.7 Å². The smallest absolute Gasteiger partial charge is 0.337 e. The standard InChI is InChI=1S/C24H27NO6/c1-23(2,3)31-20(26)12-13-24(25,21(27)28)22(29)30-14-19-17-10-6-4-8-15(17)16-9-5-7-11-18(16)19/h4-11,19H,12-14,25H2,1-3H3,(H,27,28)/t24-/m0/s1. The van der Waals surface area contributed by atoms with Gasteiger partial charge in [0.15, 0.2) is 0 Å². The summed E-state index contributed by atoms with van der Waals surface area (Å²) in [6, 6.07) is 15.6. The first kappa shape index (κ1) is 22.5. The van der Waals surface area contributed by atoms with Crippen molar-refractivity contribution >= 4 is 17.9 Å². The molecule has 0 bridgehead atoms. The highest BCUT2D eigenvalue weighted by molar-refractivity contribution is 6.04. The van der Waals surface area contributed by atoms with E-state index in [1.165, 1.54) is 0 Å². The molecule has 1 aliphatic carbocycles. The topological polar surface area (TPSA) is 116 Å². The Morgan fingerprint density at radius 1 is 0.968 bits per heavy atom. The van der Waals surface area contributed by atoms with Crippen molar-refractivity contribution in [3.63, 3.8) is 0 Å². The number of carboxylic acids is 1. The van der Waals surface area contributed by atoms with E-state index < -0.39 is 35.5 Å². The van der Waals surface area contributed by atoms with E-state index in [2.05, 4.69) is 0 Å². The summed E-state index contributed by atoms with van der Waals surface area (Å²) in [5.74, 6) is -3.48. The van der Waals surface area contributed by atoms with Crippen LogP contribution >= 0.6 is 0 Å². The lowest BCUT2D eigenvalue weighted by molar-refractivity contribution is -0.162. The number of esters is 2. The van der Waals surface area contributed by atoms with Gasteiger partial charge in [0.05, 0.1) is 0 Å². The van der Waals surface area contributed by atoms with Crippen LogP contribution in [0.2, 0.25) is 0 Å². The molecule has 2 aromatic rings. The third-order valence-corrected chi connectivity index (χ3v) is 5.23. The summed E-state index contributed by atoms with van der Waals surface area (Å²) in [7, 11) is 0. The monoisotopic (exact) mass is 425 g/mol. The number of nitrogens with two attached hydrogens (primary N) is 1. The molecular weight excluding hydrogens is 398 g/mol. The van der Waals surface area contributed by atoms with Crippen LogP contribution in [0.15, 0.2) is 48.5 Å². The first-order valence-electron chi connectivity index (χ1n) is 10.1. The maximum absolute atomic E-state index is 12.7. The van der Waals surface area contributed by atoms with Crippen LogP contribution in [0, 0.1) is 0 Å². The van der Waals surface area contributed by atoms with Crippen LogP contribution in [0.3, 0.4) is 0 Å². The molecule has 0 heterocycles. The number of aliphatic carboxylic acids is 1. The molecule has 7 nitrogen and oxygen atoms in total. The maximum atomic E-state index is 12.7. The second kappa shape index (κ2) is 8.51. The zero-order valence-electron chi connectivity index (χ0n) is 17.9. The number of carbonyl (C=O) groups excluding carboxylic acids is 2. The number of ether oxygens (including phenoxy) is 2. The number of rotatable bonds is 7. The summed E-state index contributed by atoms with van der Waals surface area (Å²) in [6.07, 6.45) is -0.738. The molecular formula is C24H27NO6. The Labute approximate surface area is 181 Å². The molecule has 1 aliphatic rings. The molecule has 164 valence electrons. The van der Waals surface area contributed by atoms with Gasteiger partial charge in [-0.3, -0.25) is 4.79 Å². The van der Waals surface area contributed by atoms with Gasteiger partial charge in [-0.2, -0.15) is 0 Å². The van der Waals surface area contributed by atoms with Crippen LogP contribution in [0.4, 0.5) is 0 Å². The van der Waals surface area contributed by atoms with Crippen LogP contribution in [-0.4, -0.2) is 40.8 Å². The largest absolute Gasteiger partial charge is 0.479 e. The van der Waals surface area contributed by atoms with E-state index in [1.807, 2.05) is 48.5 Å². The highest BCUT2D eigenvalue weighted by atomic mass is 16.6. The Bertz CT molecular complexity index is 964. The number of carboxylic acid groups (broad SMARTS) is 1. The fraction of sp³-hybridized carbons (Fsp3) is 0.375. The first-order chi connectivity index (χ1) is 14.5. The molecule has 0 aromatic heterocycles. The molecule has 31 heavy (non-hydrogen) atoms. The van der Waals surface area contributed by atoms with Gasteiger partial charge in [0.2, 0.25) is 5.54 Å². The van der Waals surface area contributed by atoms with Gasteiger partial charge in [-0.15, -0.1) is 0 Å². The summed E-state index contributed by atoms with van der Waals surface area (Å²) < 4.78 is 10.6. The van der Waals surface area contributed by atoms with Crippen molar-refractivity contribution in [3.8, 4) is 11.1 Å². The van der Waals surface area contributed by atoms with Crippen LogP contribution in [0.25, 0.3) is 11.1 Å². The van der Waals surface area contributed by atoms with Crippen molar-refractivity contribution in [2.45, 2.75) is 50.7 Å². The van der Waals surface area contributed by atoms with E-state index >= 15 is 0 Å². The molecule has 1 atom stereocenters. The normalized spacial score (nSPS) is 14.8. The van der Waals surface area contributed by atoms with Crippen molar-refractivity contribution in [2.75, 3.05) is 6.61 Å². The Morgan fingerprint density at radius 2 is 1.48 bits per heavy atom. The van der Waals surface area contributed by atoms with Gasteiger partial charge in [-0.25, -0.2) is 9.59 Å². The van der Waals surface area contributed by atoms with Gasteiger partial charge in [0.1, 0.15) is 12.2 Å². The maximum Gasteiger partial charge on any atom is 0.337 e. The fourth-order valence-corrected chi connectivity index (χ4v) is 3.72. The van der Waals surface area contributed by atoms with Gasteiger partial charge in [-0.1, -0.05) is 48.5 Å². The number of hydrogen-bond acceptors (Lipinski definition) is 6. The first-order valence-corrected chi connectivity index (χ1v) is 10.1. The SMILES string of the molecule is CC(C)(C)OC(=O)CC[C@](N)(C(=O)O)C(=O)OCC1c2ccccc2-c2ccccc21. The summed E-state index contributed by atoms with van der Waals surface area (Å²) in [5.41, 5.74) is 6.95. The van der Waals surface area contributed by atoms with Gasteiger partial charge in [-0.05, 0) is 49.4 Å². The van der Waals surface area contributed by atoms with E-state index in [4.69, 9.17) is 15.2 Å². The van der Waals surface area contributed by atoms with E-state index in [0.29, 0.717) is 0 Å². The summed E-state index contributed by atoms with van der Waals surface area (Å²) in [4.78, 5) is 36.4. The zero-order chi connectivity index (χ0) is 22.8. The number of fused-ring (bicyclic) bond motifs is 3. The lowest BCUT2D eigenvalue weighted by Crippen LogP contribution is -2.56. The Balaban J connectivity index is 1.72.